The maximum absolute atomic E-state index is 14.0. The lowest BCUT2D eigenvalue weighted by atomic mass is 9.86. The quantitative estimate of drug-likeness (QED) is 0.539. The normalized spacial score (nSPS) is 24.2. The molecule has 0 spiro atoms. The zero-order valence-corrected chi connectivity index (χ0v) is 20.3. The summed E-state index contributed by atoms with van der Waals surface area (Å²) in [5.74, 6) is -0.0581. The van der Waals surface area contributed by atoms with Gasteiger partial charge in [-0.05, 0) is 73.9 Å². The Morgan fingerprint density at radius 3 is 2.43 bits per heavy atom. The predicted octanol–water partition coefficient (Wildman–Crippen LogP) is 5.40. The van der Waals surface area contributed by atoms with E-state index in [1.165, 1.54) is 12.1 Å². The second-order valence-corrected chi connectivity index (χ2v) is 10.3. The van der Waals surface area contributed by atoms with Crippen molar-refractivity contribution in [2.45, 2.75) is 64.2 Å². The number of nitrogens with one attached hydrogen (secondary N) is 1. The lowest BCUT2D eigenvalue weighted by molar-refractivity contribution is -0.134. The van der Waals surface area contributed by atoms with E-state index in [1.807, 2.05) is 54.0 Å². The van der Waals surface area contributed by atoms with Crippen molar-refractivity contribution in [1.82, 2.24) is 14.8 Å². The van der Waals surface area contributed by atoms with Crippen LogP contribution in [0.15, 0.2) is 66.7 Å². The number of nitrogens with zero attached hydrogens (tertiary/aromatic N) is 2. The Labute approximate surface area is 205 Å². The van der Waals surface area contributed by atoms with E-state index in [2.05, 4.69) is 12.2 Å². The highest BCUT2D eigenvalue weighted by Crippen LogP contribution is 2.35. The van der Waals surface area contributed by atoms with Crippen molar-refractivity contribution in [2.75, 3.05) is 0 Å². The minimum Gasteiger partial charge on any atom is -0.351 e. The molecule has 35 heavy (non-hydrogen) atoms. The summed E-state index contributed by atoms with van der Waals surface area (Å²) in [4.78, 5) is 29.3. The van der Waals surface area contributed by atoms with E-state index >= 15 is 0 Å². The molecule has 1 aromatic heterocycles. The smallest absolute Gasteiger partial charge is 0.271 e. The fourth-order valence-corrected chi connectivity index (χ4v) is 5.45. The van der Waals surface area contributed by atoms with E-state index in [-0.39, 0.29) is 30.2 Å². The predicted molar refractivity (Wildman–Crippen MR) is 134 cm³/mol. The number of carbonyl (C=O) groups excluding carboxylic acids is 2. The summed E-state index contributed by atoms with van der Waals surface area (Å²) < 4.78 is 15.9. The number of benzene rings is 2. The lowest BCUT2D eigenvalue weighted by Gasteiger charge is -2.45. The monoisotopic (exact) mass is 473 g/mol. The molecule has 1 saturated carbocycles. The standard InChI is InChI=1S/C29H32FN3O2/c1-20-11-13-24(14-12-20)31-28(35)29(2)19-32-25(22-8-4-3-5-9-22)15-16-26(32)27(34)33(29)18-21-7-6-10-23(30)17-21/h3-10,15-17,20,24H,11-14,18-19H2,1-2H3,(H,31,35)/t20?,24?,29-/m0/s1. The van der Waals surface area contributed by atoms with Gasteiger partial charge >= 0.3 is 0 Å². The first-order chi connectivity index (χ1) is 16.8. The summed E-state index contributed by atoms with van der Waals surface area (Å²) in [6.07, 6.45) is 4.08. The van der Waals surface area contributed by atoms with Crippen LogP contribution in [0.2, 0.25) is 0 Å². The molecule has 5 nitrogen and oxygen atoms in total. The summed E-state index contributed by atoms with van der Waals surface area (Å²) in [6.45, 7) is 4.57. The van der Waals surface area contributed by atoms with Crippen molar-refractivity contribution in [2.24, 2.45) is 5.92 Å². The number of halogens is 1. The first-order valence-corrected chi connectivity index (χ1v) is 12.5. The van der Waals surface area contributed by atoms with Crippen molar-refractivity contribution in [1.29, 1.82) is 0 Å². The Hall–Kier alpha value is -3.41. The molecule has 1 fully saturated rings. The highest BCUT2D eigenvalue weighted by molar-refractivity contribution is 6.00. The minimum absolute atomic E-state index is 0.112. The van der Waals surface area contributed by atoms with E-state index < -0.39 is 5.54 Å². The van der Waals surface area contributed by atoms with Gasteiger partial charge in [-0.15, -0.1) is 0 Å². The summed E-state index contributed by atoms with van der Waals surface area (Å²) >= 11 is 0. The van der Waals surface area contributed by atoms with Crippen LogP contribution in [-0.4, -0.2) is 32.9 Å². The average Bonchev–Trinajstić information content (AvgIpc) is 3.27. The molecule has 0 unspecified atom stereocenters. The van der Waals surface area contributed by atoms with Gasteiger partial charge in [-0.25, -0.2) is 4.39 Å². The molecule has 1 aliphatic carbocycles. The second kappa shape index (κ2) is 9.33. The van der Waals surface area contributed by atoms with Gasteiger partial charge in [0, 0.05) is 18.3 Å². The van der Waals surface area contributed by atoms with Gasteiger partial charge in [0.1, 0.15) is 17.1 Å². The van der Waals surface area contributed by atoms with Crippen LogP contribution < -0.4 is 5.32 Å². The van der Waals surface area contributed by atoms with Gasteiger partial charge < -0.3 is 14.8 Å². The van der Waals surface area contributed by atoms with E-state index in [4.69, 9.17) is 0 Å². The van der Waals surface area contributed by atoms with E-state index in [9.17, 15) is 14.0 Å². The van der Waals surface area contributed by atoms with Crippen molar-refractivity contribution < 1.29 is 14.0 Å². The van der Waals surface area contributed by atoms with Gasteiger partial charge in [0.05, 0.1) is 6.54 Å². The lowest BCUT2D eigenvalue weighted by Crippen LogP contribution is -2.64. The van der Waals surface area contributed by atoms with Crippen molar-refractivity contribution in [3.05, 3.63) is 83.8 Å². The summed E-state index contributed by atoms with van der Waals surface area (Å²) in [5.41, 5.74) is 1.98. The van der Waals surface area contributed by atoms with Crippen LogP contribution in [0.4, 0.5) is 4.39 Å². The third-order valence-corrected chi connectivity index (χ3v) is 7.65. The Balaban J connectivity index is 1.52. The van der Waals surface area contributed by atoms with Crippen LogP contribution >= 0.6 is 0 Å². The topological polar surface area (TPSA) is 54.3 Å². The van der Waals surface area contributed by atoms with Crippen LogP contribution in [0, 0.1) is 11.7 Å². The Kier molecular flexibility index (Phi) is 6.22. The first-order valence-electron chi connectivity index (χ1n) is 12.5. The molecule has 2 heterocycles. The van der Waals surface area contributed by atoms with Gasteiger partial charge in [-0.3, -0.25) is 9.59 Å². The number of rotatable bonds is 5. The fourth-order valence-electron chi connectivity index (χ4n) is 5.45. The number of fused-ring (bicyclic) bond motifs is 1. The molecule has 1 atom stereocenters. The zero-order chi connectivity index (χ0) is 24.6. The molecule has 2 aromatic carbocycles. The average molecular weight is 474 g/mol. The van der Waals surface area contributed by atoms with Crippen molar-refractivity contribution in [3.63, 3.8) is 0 Å². The highest BCUT2D eigenvalue weighted by Gasteiger charge is 2.48. The van der Waals surface area contributed by atoms with Gasteiger partial charge in [0.15, 0.2) is 0 Å². The van der Waals surface area contributed by atoms with Gasteiger partial charge in [0.2, 0.25) is 5.91 Å². The maximum Gasteiger partial charge on any atom is 0.271 e. The van der Waals surface area contributed by atoms with Crippen LogP contribution in [0.1, 0.15) is 55.6 Å². The van der Waals surface area contributed by atoms with Crippen LogP contribution in [0.3, 0.4) is 0 Å². The van der Waals surface area contributed by atoms with E-state index in [1.54, 1.807) is 17.0 Å². The molecular weight excluding hydrogens is 441 g/mol. The Bertz CT molecular complexity index is 1230. The molecule has 182 valence electrons. The molecular formula is C29H32FN3O2. The Morgan fingerprint density at radius 1 is 1.00 bits per heavy atom. The second-order valence-electron chi connectivity index (χ2n) is 10.3. The maximum atomic E-state index is 14.0. The van der Waals surface area contributed by atoms with Gasteiger partial charge in [0.25, 0.3) is 5.91 Å². The van der Waals surface area contributed by atoms with Crippen molar-refractivity contribution in [3.8, 4) is 11.3 Å². The molecule has 0 bridgehead atoms. The molecule has 0 radical (unpaired) electrons. The summed E-state index contributed by atoms with van der Waals surface area (Å²) in [5, 5.41) is 3.26. The SMILES string of the molecule is CC1CCC(NC(=O)[C@]2(C)Cn3c(ccc3-c3ccccc3)C(=O)N2Cc2cccc(F)c2)CC1. The van der Waals surface area contributed by atoms with Crippen LogP contribution in [0.25, 0.3) is 11.3 Å². The Morgan fingerprint density at radius 2 is 1.71 bits per heavy atom. The van der Waals surface area contributed by atoms with E-state index in [0.29, 0.717) is 23.7 Å². The van der Waals surface area contributed by atoms with E-state index in [0.717, 1.165) is 36.9 Å². The number of amides is 2. The molecule has 5 rings (SSSR count). The minimum atomic E-state index is -1.12. The molecule has 1 aliphatic heterocycles. The molecule has 1 N–H and O–H groups in total. The number of hydrogen-bond donors (Lipinski definition) is 1. The van der Waals surface area contributed by atoms with Crippen molar-refractivity contribution >= 4 is 11.8 Å². The summed E-state index contributed by atoms with van der Waals surface area (Å²) in [7, 11) is 0. The number of hydrogen-bond acceptors (Lipinski definition) is 2. The first kappa shape index (κ1) is 23.3. The molecule has 0 saturated heterocycles. The molecule has 6 heteroatoms. The number of aromatic nitrogens is 1. The number of carbonyl (C=O) groups is 2. The zero-order valence-electron chi connectivity index (χ0n) is 20.3. The van der Waals surface area contributed by atoms with Crippen LogP contribution in [-0.2, 0) is 17.9 Å². The largest absolute Gasteiger partial charge is 0.351 e. The van der Waals surface area contributed by atoms with Gasteiger partial charge in [-0.2, -0.15) is 0 Å². The highest BCUT2D eigenvalue weighted by atomic mass is 19.1. The van der Waals surface area contributed by atoms with Crippen LogP contribution in [0.5, 0.6) is 0 Å². The third-order valence-electron chi connectivity index (χ3n) is 7.65. The molecule has 2 aliphatic rings. The van der Waals surface area contributed by atoms with Gasteiger partial charge in [-0.1, -0.05) is 49.4 Å². The molecule has 2 amide bonds. The molecule has 3 aromatic rings. The third kappa shape index (κ3) is 4.49. The fraction of sp³-hybridized carbons (Fsp3) is 0.379. The summed E-state index contributed by atoms with van der Waals surface area (Å²) in [6, 6.07) is 20.0.